The molecule has 2 heterocycles. The lowest BCUT2D eigenvalue weighted by molar-refractivity contribution is -0.137. The van der Waals surface area contributed by atoms with Crippen molar-refractivity contribution in [1.29, 1.82) is 0 Å². The van der Waals surface area contributed by atoms with E-state index in [0.717, 1.165) is 12.1 Å². The van der Waals surface area contributed by atoms with E-state index in [-0.39, 0.29) is 6.42 Å². The van der Waals surface area contributed by atoms with Crippen molar-refractivity contribution in [1.82, 2.24) is 14.6 Å². The number of rotatable bonds is 2. The molecule has 7 heteroatoms. The Balaban J connectivity index is 1.91. The van der Waals surface area contributed by atoms with Crippen LogP contribution in [-0.4, -0.2) is 14.6 Å². The number of benzene rings is 1. The number of aromatic nitrogens is 3. The molecule has 0 bridgehead atoms. The van der Waals surface area contributed by atoms with Crippen molar-refractivity contribution in [3.8, 4) is 0 Å². The maximum absolute atomic E-state index is 12.7. The van der Waals surface area contributed by atoms with Crippen molar-refractivity contribution in [2.75, 3.05) is 0 Å². The van der Waals surface area contributed by atoms with Crippen LogP contribution in [0.25, 0.3) is 5.65 Å². The van der Waals surface area contributed by atoms with Gasteiger partial charge in [0, 0.05) is 23.7 Å². The highest BCUT2D eigenvalue weighted by atomic mass is 35.5. The van der Waals surface area contributed by atoms with Gasteiger partial charge in [0.1, 0.15) is 0 Å². The Bertz CT molecular complexity index is 796. The molecule has 3 nitrogen and oxygen atoms in total. The number of hydrogen-bond acceptors (Lipinski definition) is 2. The maximum Gasteiger partial charge on any atom is 0.416 e. The quantitative estimate of drug-likeness (QED) is 0.716. The van der Waals surface area contributed by atoms with Crippen LogP contribution in [-0.2, 0) is 12.6 Å². The Labute approximate surface area is 123 Å². The van der Waals surface area contributed by atoms with E-state index in [1.165, 1.54) is 10.6 Å². The smallest absolute Gasteiger partial charge is 0.221 e. The summed E-state index contributed by atoms with van der Waals surface area (Å²) in [6, 6.07) is 8.46. The van der Waals surface area contributed by atoms with Gasteiger partial charge in [-0.25, -0.2) is 9.50 Å². The third-order valence-electron chi connectivity index (χ3n) is 2.96. The fraction of sp³-hybridized carbons (Fsp3) is 0.143. The minimum Gasteiger partial charge on any atom is -0.221 e. The van der Waals surface area contributed by atoms with Crippen LogP contribution in [0.2, 0.25) is 5.02 Å². The molecule has 21 heavy (non-hydrogen) atoms. The van der Waals surface area contributed by atoms with Crippen molar-refractivity contribution in [3.63, 3.8) is 0 Å². The summed E-state index contributed by atoms with van der Waals surface area (Å²) in [5.41, 5.74) is 0.392. The number of alkyl halides is 3. The zero-order valence-corrected chi connectivity index (χ0v) is 11.4. The number of pyridine rings is 1. The molecule has 0 radical (unpaired) electrons. The van der Waals surface area contributed by atoms with Gasteiger partial charge in [0.25, 0.3) is 0 Å². The molecule has 0 N–H and O–H groups in total. The second kappa shape index (κ2) is 5.04. The third kappa shape index (κ3) is 3.00. The summed E-state index contributed by atoms with van der Waals surface area (Å²) in [5.74, 6) is 0.441. The molecule has 2 aromatic heterocycles. The van der Waals surface area contributed by atoms with Gasteiger partial charge in [-0.3, -0.25) is 0 Å². The fourth-order valence-electron chi connectivity index (χ4n) is 2.02. The van der Waals surface area contributed by atoms with Gasteiger partial charge in [0.2, 0.25) is 0 Å². The molecule has 0 fully saturated rings. The molecule has 0 atom stereocenters. The van der Waals surface area contributed by atoms with E-state index in [0.29, 0.717) is 22.1 Å². The van der Waals surface area contributed by atoms with Gasteiger partial charge in [0.05, 0.1) is 5.56 Å². The Kier molecular flexibility index (Phi) is 3.33. The van der Waals surface area contributed by atoms with Gasteiger partial charge in [-0.2, -0.15) is 18.3 Å². The van der Waals surface area contributed by atoms with E-state index in [1.807, 2.05) is 0 Å². The van der Waals surface area contributed by atoms with E-state index in [1.54, 1.807) is 24.4 Å². The Morgan fingerprint density at radius 2 is 1.95 bits per heavy atom. The maximum atomic E-state index is 12.7. The largest absolute Gasteiger partial charge is 0.416 e. The standard InChI is InChI=1S/C14H9ClF3N3/c15-11-4-5-21-13(8-11)19-12(20-21)7-9-2-1-3-10(6-9)14(16,17)18/h1-6,8H,7H2. The lowest BCUT2D eigenvalue weighted by Crippen LogP contribution is -2.05. The molecule has 3 aromatic rings. The van der Waals surface area contributed by atoms with Gasteiger partial charge < -0.3 is 0 Å². The molecule has 108 valence electrons. The van der Waals surface area contributed by atoms with Crippen LogP contribution in [0.5, 0.6) is 0 Å². The number of hydrogen-bond donors (Lipinski definition) is 0. The van der Waals surface area contributed by atoms with Crippen molar-refractivity contribution in [2.24, 2.45) is 0 Å². The summed E-state index contributed by atoms with van der Waals surface area (Å²) in [6.07, 6.45) is -2.47. The van der Waals surface area contributed by atoms with Crippen LogP contribution in [0.1, 0.15) is 17.0 Å². The fourth-order valence-corrected chi connectivity index (χ4v) is 2.17. The van der Waals surface area contributed by atoms with Gasteiger partial charge in [-0.1, -0.05) is 29.8 Å². The molecular formula is C14H9ClF3N3. The van der Waals surface area contributed by atoms with E-state index in [2.05, 4.69) is 10.1 Å². The lowest BCUT2D eigenvalue weighted by atomic mass is 10.1. The summed E-state index contributed by atoms with van der Waals surface area (Å²) < 4.78 is 39.5. The number of halogens is 4. The Morgan fingerprint density at radius 1 is 1.14 bits per heavy atom. The first-order valence-corrected chi connectivity index (χ1v) is 6.46. The molecule has 0 saturated carbocycles. The average molecular weight is 312 g/mol. The van der Waals surface area contributed by atoms with Gasteiger partial charge in [0.15, 0.2) is 11.5 Å². The molecule has 0 spiro atoms. The summed E-state index contributed by atoms with van der Waals surface area (Å²) in [7, 11) is 0. The summed E-state index contributed by atoms with van der Waals surface area (Å²) in [4.78, 5) is 4.25. The van der Waals surface area contributed by atoms with E-state index < -0.39 is 11.7 Å². The van der Waals surface area contributed by atoms with Crippen LogP contribution < -0.4 is 0 Å². The Morgan fingerprint density at radius 3 is 2.71 bits per heavy atom. The SMILES string of the molecule is FC(F)(F)c1cccc(Cc2nc3cc(Cl)ccn3n2)c1. The first-order chi connectivity index (χ1) is 9.91. The van der Waals surface area contributed by atoms with E-state index in [9.17, 15) is 13.2 Å². The van der Waals surface area contributed by atoms with Crippen molar-refractivity contribution in [2.45, 2.75) is 12.6 Å². The molecule has 1 aromatic carbocycles. The Hall–Kier alpha value is -2.08. The molecular weight excluding hydrogens is 303 g/mol. The number of nitrogens with zero attached hydrogens (tertiary/aromatic N) is 3. The van der Waals surface area contributed by atoms with Gasteiger partial charge >= 0.3 is 6.18 Å². The third-order valence-corrected chi connectivity index (χ3v) is 3.20. The average Bonchev–Trinajstić information content (AvgIpc) is 2.79. The van der Waals surface area contributed by atoms with Crippen molar-refractivity contribution < 1.29 is 13.2 Å². The second-order valence-corrected chi connectivity index (χ2v) is 4.99. The monoisotopic (exact) mass is 311 g/mol. The van der Waals surface area contributed by atoms with E-state index in [4.69, 9.17) is 11.6 Å². The minimum atomic E-state index is -4.35. The highest BCUT2D eigenvalue weighted by Gasteiger charge is 2.30. The highest BCUT2D eigenvalue weighted by molar-refractivity contribution is 6.30. The molecule has 0 aliphatic heterocycles. The van der Waals surface area contributed by atoms with Crippen molar-refractivity contribution >= 4 is 17.2 Å². The molecule has 0 amide bonds. The summed E-state index contributed by atoms with van der Waals surface area (Å²) in [5, 5.41) is 4.73. The normalized spacial score (nSPS) is 12.0. The van der Waals surface area contributed by atoms with Crippen LogP contribution in [0.3, 0.4) is 0 Å². The molecule has 0 unspecified atom stereocenters. The van der Waals surface area contributed by atoms with Gasteiger partial charge in [-0.15, -0.1) is 0 Å². The first kappa shape index (κ1) is 13.9. The van der Waals surface area contributed by atoms with Crippen LogP contribution in [0, 0.1) is 0 Å². The predicted octanol–water partition coefficient (Wildman–Crippen LogP) is 3.99. The minimum absolute atomic E-state index is 0.225. The lowest BCUT2D eigenvalue weighted by Gasteiger charge is -2.07. The molecule has 0 saturated heterocycles. The van der Waals surface area contributed by atoms with Crippen molar-refractivity contribution in [3.05, 3.63) is 64.6 Å². The topological polar surface area (TPSA) is 30.2 Å². The zero-order valence-electron chi connectivity index (χ0n) is 10.6. The summed E-state index contributed by atoms with van der Waals surface area (Å²) >= 11 is 5.85. The van der Waals surface area contributed by atoms with Crippen LogP contribution >= 0.6 is 11.6 Å². The van der Waals surface area contributed by atoms with E-state index >= 15 is 0 Å². The van der Waals surface area contributed by atoms with Gasteiger partial charge in [-0.05, 0) is 17.7 Å². The second-order valence-electron chi connectivity index (χ2n) is 4.55. The summed E-state index contributed by atoms with van der Waals surface area (Å²) in [6.45, 7) is 0. The molecule has 0 aliphatic rings. The highest BCUT2D eigenvalue weighted by Crippen LogP contribution is 2.29. The predicted molar refractivity (Wildman–Crippen MR) is 72.2 cm³/mol. The zero-order chi connectivity index (χ0) is 15.0. The van der Waals surface area contributed by atoms with Crippen LogP contribution in [0.15, 0.2) is 42.6 Å². The number of fused-ring (bicyclic) bond motifs is 1. The molecule has 0 aliphatic carbocycles. The van der Waals surface area contributed by atoms with Crippen LogP contribution in [0.4, 0.5) is 13.2 Å². The molecule has 3 rings (SSSR count). The first-order valence-electron chi connectivity index (χ1n) is 6.09.